The van der Waals surface area contributed by atoms with Crippen LogP contribution < -0.4 is 0 Å². The van der Waals surface area contributed by atoms with Gasteiger partial charge in [-0.05, 0) is 43.6 Å². The second kappa shape index (κ2) is 5.44. The molecule has 0 bridgehead atoms. The zero-order valence-electron chi connectivity index (χ0n) is 12.3. The molecule has 1 aromatic heterocycles. The van der Waals surface area contributed by atoms with E-state index in [0.29, 0.717) is 24.5 Å². The SMILES string of the molecule is CCC(=O)c1c(CC(=O)C2CC2C)sc2c1CCCC2. The molecule has 3 heteroatoms. The first-order chi connectivity index (χ1) is 9.61. The fraction of sp³-hybridized carbons (Fsp3) is 0.647. The van der Waals surface area contributed by atoms with Crippen molar-refractivity contribution in [1.82, 2.24) is 0 Å². The quantitative estimate of drug-likeness (QED) is 0.768. The van der Waals surface area contributed by atoms with Crippen LogP contribution >= 0.6 is 11.3 Å². The van der Waals surface area contributed by atoms with Gasteiger partial charge in [0.05, 0.1) is 0 Å². The highest BCUT2D eigenvalue weighted by Crippen LogP contribution is 2.41. The van der Waals surface area contributed by atoms with Crippen LogP contribution in [0.5, 0.6) is 0 Å². The standard InChI is InChI=1S/C17H22O2S/c1-3-13(18)17-11-6-4-5-7-15(11)20-16(17)9-14(19)12-8-10(12)2/h10,12H,3-9H2,1-2H3. The predicted molar refractivity (Wildman–Crippen MR) is 81.6 cm³/mol. The van der Waals surface area contributed by atoms with Crippen LogP contribution in [-0.4, -0.2) is 11.6 Å². The van der Waals surface area contributed by atoms with Crippen molar-refractivity contribution in [2.75, 3.05) is 0 Å². The molecule has 0 aliphatic heterocycles. The number of hydrogen-bond acceptors (Lipinski definition) is 3. The van der Waals surface area contributed by atoms with E-state index in [1.807, 2.05) is 6.92 Å². The van der Waals surface area contributed by atoms with Crippen molar-refractivity contribution in [3.8, 4) is 0 Å². The third-order valence-corrected chi connectivity index (χ3v) is 5.99. The highest BCUT2D eigenvalue weighted by atomic mass is 32.1. The molecule has 2 unspecified atom stereocenters. The molecule has 0 aromatic carbocycles. The van der Waals surface area contributed by atoms with Gasteiger partial charge in [0.15, 0.2) is 5.78 Å². The normalized spacial score (nSPS) is 24.3. The molecule has 0 spiro atoms. The van der Waals surface area contributed by atoms with Crippen LogP contribution in [0.15, 0.2) is 0 Å². The Bertz CT molecular complexity index is 556. The Kier molecular flexibility index (Phi) is 3.80. The first-order valence-corrected chi connectivity index (χ1v) is 8.62. The molecule has 1 aromatic rings. The molecule has 0 N–H and O–H groups in total. The van der Waals surface area contributed by atoms with Crippen molar-refractivity contribution in [3.63, 3.8) is 0 Å². The molecule has 0 amide bonds. The number of carbonyl (C=O) groups is 2. The maximum Gasteiger partial charge on any atom is 0.164 e. The number of ketones is 2. The van der Waals surface area contributed by atoms with E-state index in [9.17, 15) is 9.59 Å². The minimum Gasteiger partial charge on any atom is -0.299 e. The largest absolute Gasteiger partial charge is 0.299 e. The second-order valence-electron chi connectivity index (χ2n) is 6.25. The summed E-state index contributed by atoms with van der Waals surface area (Å²) in [6, 6.07) is 0. The zero-order valence-corrected chi connectivity index (χ0v) is 13.1. The summed E-state index contributed by atoms with van der Waals surface area (Å²) in [5, 5.41) is 0. The summed E-state index contributed by atoms with van der Waals surface area (Å²) in [7, 11) is 0. The van der Waals surface area contributed by atoms with Crippen molar-refractivity contribution >= 4 is 22.9 Å². The van der Waals surface area contributed by atoms with Gasteiger partial charge in [0, 0.05) is 34.1 Å². The minimum absolute atomic E-state index is 0.232. The summed E-state index contributed by atoms with van der Waals surface area (Å²) in [5.41, 5.74) is 2.20. The molecule has 0 radical (unpaired) electrons. The lowest BCUT2D eigenvalue weighted by Gasteiger charge is -2.12. The summed E-state index contributed by atoms with van der Waals surface area (Å²) in [5.74, 6) is 1.40. The number of thiophene rings is 1. The van der Waals surface area contributed by atoms with Crippen LogP contribution in [-0.2, 0) is 24.1 Å². The van der Waals surface area contributed by atoms with E-state index >= 15 is 0 Å². The average Bonchev–Trinajstić information content (AvgIpc) is 3.07. The number of aryl methyl sites for hydroxylation is 1. The van der Waals surface area contributed by atoms with Crippen LogP contribution in [0.2, 0.25) is 0 Å². The van der Waals surface area contributed by atoms with Crippen LogP contribution in [0.1, 0.15) is 65.2 Å². The smallest absolute Gasteiger partial charge is 0.164 e. The number of carbonyl (C=O) groups excluding carboxylic acids is 2. The molecule has 2 atom stereocenters. The van der Waals surface area contributed by atoms with Crippen molar-refractivity contribution in [2.24, 2.45) is 11.8 Å². The van der Waals surface area contributed by atoms with Gasteiger partial charge in [-0.15, -0.1) is 11.3 Å². The van der Waals surface area contributed by atoms with Crippen molar-refractivity contribution in [1.29, 1.82) is 0 Å². The van der Waals surface area contributed by atoms with Crippen LogP contribution in [0, 0.1) is 11.8 Å². The summed E-state index contributed by atoms with van der Waals surface area (Å²) >= 11 is 1.74. The lowest BCUT2D eigenvalue weighted by atomic mass is 9.91. The Balaban J connectivity index is 1.90. The van der Waals surface area contributed by atoms with Crippen LogP contribution in [0.4, 0.5) is 0 Å². The fourth-order valence-electron chi connectivity index (χ4n) is 3.31. The third kappa shape index (κ3) is 2.48. The number of fused-ring (bicyclic) bond motifs is 1. The van der Waals surface area contributed by atoms with Gasteiger partial charge in [0.1, 0.15) is 5.78 Å². The molecular formula is C17H22O2S. The van der Waals surface area contributed by atoms with Crippen molar-refractivity contribution in [2.45, 2.75) is 58.8 Å². The van der Waals surface area contributed by atoms with E-state index in [2.05, 4.69) is 6.92 Å². The molecule has 0 saturated heterocycles. The van der Waals surface area contributed by atoms with Crippen molar-refractivity contribution in [3.05, 3.63) is 20.9 Å². The topological polar surface area (TPSA) is 34.1 Å². The highest BCUT2D eigenvalue weighted by molar-refractivity contribution is 7.12. The van der Waals surface area contributed by atoms with Gasteiger partial charge in [-0.25, -0.2) is 0 Å². The summed E-state index contributed by atoms with van der Waals surface area (Å²) in [4.78, 5) is 27.0. The highest BCUT2D eigenvalue weighted by Gasteiger charge is 2.39. The fourth-order valence-corrected chi connectivity index (χ4v) is 4.73. The first kappa shape index (κ1) is 14.0. The molecule has 1 heterocycles. The number of Topliss-reactive ketones (excluding diaryl/α,β-unsaturated/α-hetero) is 2. The predicted octanol–water partition coefficient (Wildman–Crippen LogP) is 3.99. The maximum absolute atomic E-state index is 12.3. The summed E-state index contributed by atoms with van der Waals surface area (Å²) < 4.78 is 0. The van der Waals surface area contributed by atoms with E-state index < -0.39 is 0 Å². The molecule has 2 aliphatic carbocycles. The summed E-state index contributed by atoms with van der Waals surface area (Å²) in [6.07, 6.45) is 6.61. The van der Waals surface area contributed by atoms with Gasteiger partial charge in [-0.3, -0.25) is 9.59 Å². The van der Waals surface area contributed by atoms with E-state index in [0.717, 1.165) is 29.7 Å². The van der Waals surface area contributed by atoms with Gasteiger partial charge >= 0.3 is 0 Å². The van der Waals surface area contributed by atoms with E-state index in [1.165, 1.54) is 23.3 Å². The van der Waals surface area contributed by atoms with Gasteiger partial charge in [0.2, 0.25) is 0 Å². The lowest BCUT2D eigenvalue weighted by molar-refractivity contribution is -0.119. The van der Waals surface area contributed by atoms with Gasteiger partial charge in [-0.2, -0.15) is 0 Å². The van der Waals surface area contributed by atoms with E-state index in [-0.39, 0.29) is 11.7 Å². The second-order valence-corrected chi connectivity index (χ2v) is 7.44. The molecule has 2 aliphatic rings. The van der Waals surface area contributed by atoms with E-state index in [1.54, 1.807) is 11.3 Å². The molecule has 108 valence electrons. The monoisotopic (exact) mass is 290 g/mol. The van der Waals surface area contributed by atoms with Gasteiger partial charge < -0.3 is 0 Å². The Morgan fingerprint density at radius 1 is 1.25 bits per heavy atom. The Morgan fingerprint density at radius 2 is 1.95 bits per heavy atom. The van der Waals surface area contributed by atoms with E-state index in [4.69, 9.17) is 0 Å². The number of rotatable bonds is 5. The summed E-state index contributed by atoms with van der Waals surface area (Å²) in [6.45, 7) is 4.06. The minimum atomic E-state index is 0.232. The molecule has 1 fully saturated rings. The molecule has 1 saturated carbocycles. The first-order valence-electron chi connectivity index (χ1n) is 7.81. The molecule has 3 rings (SSSR count). The van der Waals surface area contributed by atoms with Gasteiger partial charge in [0.25, 0.3) is 0 Å². The van der Waals surface area contributed by atoms with Crippen LogP contribution in [0.3, 0.4) is 0 Å². The number of hydrogen-bond donors (Lipinski definition) is 0. The van der Waals surface area contributed by atoms with Crippen molar-refractivity contribution < 1.29 is 9.59 Å². The van der Waals surface area contributed by atoms with Gasteiger partial charge in [-0.1, -0.05) is 13.8 Å². The molecule has 20 heavy (non-hydrogen) atoms. The Hall–Kier alpha value is -0.960. The third-order valence-electron chi connectivity index (χ3n) is 4.70. The maximum atomic E-state index is 12.3. The molecule has 2 nitrogen and oxygen atoms in total. The van der Waals surface area contributed by atoms with Crippen LogP contribution in [0.25, 0.3) is 0 Å². The zero-order chi connectivity index (χ0) is 14.3. The average molecular weight is 290 g/mol. The Labute approximate surface area is 124 Å². The Morgan fingerprint density at radius 3 is 2.60 bits per heavy atom. The molecular weight excluding hydrogens is 268 g/mol. The lowest BCUT2D eigenvalue weighted by Crippen LogP contribution is -2.10.